The van der Waals surface area contributed by atoms with Crippen LogP contribution in [-0.2, 0) is 35.8 Å². The van der Waals surface area contributed by atoms with Crippen molar-refractivity contribution in [2.45, 2.75) is 18.0 Å². The number of ketones is 1. The zero-order valence-electron chi connectivity index (χ0n) is 15.4. The molecule has 1 aliphatic heterocycles. The fourth-order valence-electron chi connectivity index (χ4n) is 2.44. The van der Waals surface area contributed by atoms with E-state index in [0.29, 0.717) is 22.7 Å². The lowest BCUT2D eigenvalue weighted by Gasteiger charge is -2.12. The van der Waals surface area contributed by atoms with Gasteiger partial charge in [0.1, 0.15) is 5.75 Å². The summed E-state index contributed by atoms with van der Waals surface area (Å²) in [6, 6.07) is 8.85. The Kier molecular flexibility index (Phi) is 5.13. The molecule has 2 aromatic carbocycles. The van der Waals surface area contributed by atoms with Gasteiger partial charge < -0.3 is 14.7 Å². The molecule has 0 spiro atoms. The van der Waals surface area contributed by atoms with Gasteiger partial charge in [-0.3, -0.25) is 4.79 Å². The molecular weight excluding hydrogens is 435 g/mol. The van der Waals surface area contributed by atoms with Gasteiger partial charge in [-0.05, 0) is 29.8 Å². The lowest BCUT2D eigenvalue weighted by Crippen LogP contribution is -2.16. The Morgan fingerprint density at radius 2 is 1.72 bits per heavy atom. The van der Waals surface area contributed by atoms with E-state index in [2.05, 4.69) is 0 Å². The molecule has 0 bridgehead atoms. The van der Waals surface area contributed by atoms with Gasteiger partial charge in [0.15, 0.2) is 6.08 Å². The maximum atomic E-state index is 12.7. The van der Waals surface area contributed by atoms with Crippen LogP contribution in [0.3, 0.4) is 0 Å². The number of halogens is 4. The summed E-state index contributed by atoms with van der Waals surface area (Å²) in [4.78, 5) is 12.6. The number of carbonyl (C=O) groups is 1. The molecule has 2 N–H and O–H groups in total. The minimum Gasteiger partial charge on any atom is -0.460 e. The number of hydrogen-bond donors (Lipinski definition) is 1. The first-order valence-corrected chi connectivity index (χ1v) is 9.85. The fraction of sp³-hybridized carbons (Fsp3) is 0.167. The Morgan fingerprint density at radius 3 is 2.28 bits per heavy atom. The number of nitrogens with two attached hydrogens (primary N) is 1. The number of hydrogen-bond acceptors (Lipinski definition) is 6. The third kappa shape index (κ3) is 4.83. The molecule has 2 aromatic rings. The van der Waals surface area contributed by atoms with E-state index in [9.17, 15) is 26.4 Å². The van der Waals surface area contributed by atoms with Gasteiger partial charge in [0.2, 0.25) is 17.4 Å². The second-order valence-electron chi connectivity index (χ2n) is 5.94. The molecule has 29 heavy (non-hydrogen) atoms. The van der Waals surface area contributed by atoms with Crippen molar-refractivity contribution in [3.63, 3.8) is 0 Å². The highest BCUT2D eigenvalue weighted by Crippen LogP contribution is 2.35. The fourth-order valence-corrected chi connectivity index (χ4v) is 3.64. The molecule has 0 fully saturated rings. The quantitative estimate of drug-likeness (QED) is 0.701. The van der Waals surface area contributed by atoms with Crippen LogP contribution in [0.15, 0.2) is 60.2 Å². The Hall–Kier alpha value is -2.72. The minimum absolute atomic E-state index is 0.280. The van der Waals surface area contributed by atoms with Gasteiger partial charge in [-0.2, -0.15) is 21.6 Å². The summed E-state index contributed by atoms with van der Waals surface area (Å²) in [5.41, 5.74) is 4.56. The predicted octanol–water partition coefficient (Wildman–Crippen LogP) is 3.67. The summed E-state index contributed by atoms with van der Waals surface area (Å²) in [5.74, 6) is -3.58. The molecule has 0 saturated heterocycles. The molecule has 0 amide bonds. The second-order valence-corrected chi connectivity index (χ2v) is 7.95. The van der Waals surface area contributed by atoms with E-state index in [1.165, 1.54) is 24.3 Å². The Morgan fingerprint density at radius 1 is 1.14 bits per heavy atom. The molecule has 11 heteroatoms. The number of Topliss-reactive ketones (excluding diaryl/α,β-unsaturated/α-hetero) is 1. The molecule has 3 rings (SSSR count). The van der Waals surface area contributed by atoms with E-state index in [4.69, 9.17) is 27.6 Å². The summed E-state index contributed by atoms with van der Waals surface area (Å²) in [6.45, 7) is 0. The second kappa shape index (κ2) is 7.60. The van der Waals surface area contributed by atoms with Crippen LogP contribution in [0, 0.1) is 0 Å². The Balaban J connectivity index is 1.81. The number of carbonyl (C=O) groups excluding carboxylic acids is 1. The smallest absolute Gasteiger partial charge is 0.416 e. The van der Waals surface area contributed by atoms with Gasteiger partial charge in [0.05, 0.1) is 6.93 Å². The Labute approximate surface area is 170 Å². The molecule has 154 valence electrons. The van der Waals surface area contributed by atoms with Crippen LogP contribution >= 0.6 is 11.6 Å². The SMILES string of the molecule is [2H]C1(c2ccc(C(F)(F)F)cc2)OC(N)=C(OS(=O)(=O)Cc2ccc(Cl)cc2)C1=O. The maximum Gasteiger partial charge on any atom is 0.416 e. The van der Waals surface area contributed by atoms with Crippen molar-refractivity contribution in [1.82, 2.24) is 0 Å². The summed E-state index contributed by atoms with van der Waals surface area (Å²) < 4.78 is 80.7. The highest BCUT2D eigenvalue weighted by molar-refractivity contribution is 7.86. The molecule has 0 saturated carbocycles. The van der Waals surface area contributed by atoms with Crippen LogP contribution in [-0.4, -0.2) is 14.2 Å². The summed E-state index contributed by atoms with van der Waals surface area (Å²) in [6.07, 6.45) is -7.20. The highest BCUT2D eigenvalue weighted by atomic mass is 35.5. The van der Waals surface area contributed by atoms with Crippen LogP contribution in [0.4, 0.5) is 13.2 Å². The largest absolute Gasteiger partial charge is 0.460 e. The average Bonchev–Trinajstić information content (AvgIpc) is 2.87. The molecule has 1 heterocycles. The van der Waals surface area contributed by atoms with E-state index in [1.54, 1.807) is 0 Å². The first-order valence-electron chi connectivity index (χ1n) is 8.40. The van der Waals surface area contributed by atoms with E-state index in [0.717, 1.165) is 12.1 Å². The maximum absolute atomic E-state index is 12.7. The molecular formula is C18H13ClF3NO5S. The number of benzene rings is 2. The lowest BCUT2D eigenvalue weighted by atomic mass is 10.0. The topological polar surface area (TPSA) is 95.7 Å². The van der Waals surface area contributed by atoms with Crippen molar-refractivity contribution in [1.29, 1.82) is 0 Å². The monoisotopic (exact) mass is 448 g/mol. The average molecular weight is 449 g/mol. The molecule has 1 unspecified atom stereocenters. The predicted molar refractivity (Wildman–Crippen MR) is 96.7 cm³/mol. The van der Waals surface area contributed by atoms with Gasteiger partial charge in [-0.1, -0.05) is 35.9 Å². The number of ether oxygens (including phenoxy) is 1. The molecule has 1 atom stereocenters. The van der Waals surface area contributed by atoms with Gasteiger partial charge in [0, 0.05) is 10.6 Å². The third-order valence-corrected chi connectivity index (χ3v) is 5.15. The van der Waals surface area contributed by atoms with Gasteiger partial charge in [-0.25, -0.2) is 0 Å². The molecule has 0 radical (unpaired) electrons. The Bertz CT molecular complexity index is 1120. The third-order valence-electron chi connectivity index (χ3n) is 3.79. The van der Waals surface area contributed by atoms with Crippen LogP contribution in [0.1, 0.15) is 24.1 Å². The van der Waals surface area contributed by atoms with Crippen molar-refractivity contribution < 1.29 is 36.7 Å². The standard InChI is InChI=1S/C18H13ClF3NO5S/c19-13-7-1-10(2-8-13)9-29(25,26)28-16-14(24)15(27-17(16)23)11-3-5-12(6-4-11)18(20,21)22/h1-8,15H,9,23H2/i15D. The minimum atomic E-state index is -4.62. The van der Waals surface area contributed by atoms with E-state index in [1.807, 2.05) is 0 Å². The van der Waals surface area contributed by atoms with Crippen molar-refractivity contribution in [3.8, 4) is 0 Å². The van der Waals surface area contributed by atoms with Crippen molar-refractivity contribution in [2.24, 2.45) is 5.73 Å². The molecule has 1 aliphatic rings. The normalized spacial score (nSPS) is 20.4. The van der Waals surface area contributed by atoms with E-state index < -0.39 is 51.1 Å². The van der Waals surface area contributed by atoms with E-state index in [-0.39, 0.29) is 5.56 Å². The molecule has 0 aromatic heterocycles. The molecule has 0 aliphatic carbocycles. The van der Waals surface area contributed by atoms with Crippen molar-refractivity contribution >= 4 is 27.5 Å². The highest BCUT2D eigenvalue weighted by Gasteiger charge is 2.40. The number of alkyl halides is 3. The van der Waals surface area contributed by atoms with Crippen LogP contribution in [0.2, 0.25) is 5.02 Å². The summed E-state index contributed by atoms with van der Waals surface area (Å²) >= 11 is 5.73. The first kappa shape index (κ1) is 19.6. The molecule has 6 nitrogen and oxygen atoms in total. The van der Waals surface area contributed by atoms with Crippen LogP contribution in [0.5, 0.6) is 0 Å². The van der Waals surface area contributed by atoms with Gasteiger partial charge in [-0.15, -0.1) is 0 Å². The summed E-state index contributed by atoms with van der Waals surface area (Å²) in [7, 11) is -4.37. The van der Waals surface area contributed by atoms with Gasteiger partial charge in [0.25, 0.3) is 0 Å². The summed E-state index contributed by atoms with van der Waals surface area (Å²) in [5, 5.41) is 0.388. The van der Waals surface area contributed by atoms with Crippen molar-refractivity contribution in [2.75, 3.05) is 0 Å². The van der Waals surface area contributed by atoms with Gasteiger partial charge >= 0.3 is 16.3 Å². The number of rotatable bonds is 5. The van der Waals surface area contributed by atoms with Crippen molar-refractivity contribution in [3.05, 3.63) is 81.9 Å². The van der Waals surface area contributed by atoms with E-state index >= 15 is 0 Å². The first-order chi connectivity index (χ1) is 13.8. The van der Waals surface area contributed by atoms with Crippen LogP contribution < -0.4 is 5.73 Å². The zero-order chi connectivity index (χ0) is 22.3. The van der Waals surface area contributed by atoms with Crippen LogP contribution in [0.25, 0.3) is 0 Å². The lowest BCUT2D eigenvalue weighted by molar-refractivity contribution is -0.137. The zero-order valence-corrected chi connectivity index (χ0v) is 15.9.